The monoisotopic (exact) mass is 482 g/mol. The maximum Gasteiger partial charge on any atom is 0.249 e. The smallest absolute Gasteiger partial charge is 0.249 e. The van der Waals surface area contributed by atoms with Crippen molar-refractivity contribution in [2.75, 3.05) is 6.61 Å². The molecule has 0 N–H and O–H groups in total. The van der Waals surface area contributed by atoms with Crippen LogP contribution in [0.15, 0.2) is 30.3 Å². The summed E-state index contributed by atoms with van der Waals surface area (Å²) in [5, 5.41) is 15.7. The maximum atomic E-state index is 14.2. The predicted octanol–water partition coefficient (Wildman–Crippen LogP) is 5.35. The van der Waals surface area contributed by atoms with Gasteiger partial charge in [-0.15, -0.1) is 0 Å². The van der Waals surface area contributed by atoms with Gasteiger partial charge in [0.05, 0.1) is 29.4 Å². The molecular weight excluding hydrogens is 457 g/mol. The standard InChI is InChI=1S/C26H25F3N4O2/c1-15-22-10-19(13-30)23(29)12-25(22)32(31-15)14-16-2-4-17(5-3-16)26(34)33-24(6-7-35-33)18-8-20(27)11-21(28)9-18/h8-12,16-17,24H,2-7,14H2,1H3/t16?,17?,24-/m0/s1. The molecule has 2 aliphatic rings. The first-order valence-electron chi connectivity index (χ1n) is 11.8. The van der Waals surface area contributed by atoms with Gasteiger partial charge in [-0.25, -0.2) is 18.2 Å². The van der Waals surface area contributed by atoms with Gasteiger partial charge in [0.25, 0.3) is 0 Å². The first-order valence-corrected chi connectivity index (χ1v) is 11.8. The maximum absolute atomic E-state index is 14.2. The van der Waals surface area contributed by atoms with Crippen LogP contribution in [0.1, 0.15) is 55.0 Å². The lowest BCUT2D eigenvalue weighted by Gasteiger charge is -2.32. The Morgan fingerprint density at radius 1 is 1.09 bits per heavy atom. The number of rotatable bonds is 4. The van der Waals surface area contributed by atoms with Crippen molar-refractivity contribution >= 4 is 16.8 Å². The van der Waals surface area contributed by atoms with Crippen molar-refractivity contribution in [2.24, 2.45) is 11.8 Å². The number of fused-ring (bicyclic) bond motifs is 1. The molecule has 35 heavy (non-hydrogen) atoms. The Kier molecular flexibility index (Phi) is 6.24. The van der Waals surface area contributed by atoms with E-state index < -0.39 is 23.5 Å². The fraction of sp³-hybridized carbons (Fsp3) is 0.423. The van der Waals surface area contributed by atoms with Gasteiger partial charge in [0.15, 0.2) is 0 Å². The third-order valence-corrected chi connectivity index (χ3v) is 7.16. The molecule has 5 rings (SSSR count). The van der Waals surface area contributed by atoms with E-state index in [2.05, 4.69) is 5.10 Å². The summed E-state index contributed by atoms with van der Waals surface area (Å²) in [6.45, 7) is 2.76. The molecule has 2 fully saturated rings. The summed E-state index contributed by atoms with van der Waals surface area (Å²) in [4.78, 5) is 18.8. The minimum Gasteiger partial charge on any atom is -0.272 e. The zero-order chi connectivity index (χ0) is 24.7. The highest BCUT2D eigenvalue weighted by molar-refractivity contribution is 5.83. The molecule has 6 nitrogen and oxygen atoms in total. The fourth-order valence-electron chi connectivity index (χ4n) is 5.35. The fourth-order valence-corrected chi connectivity index (χ4v) is 5.35. The number of amides is 1. The lowest BCUT2D eigenvalue weighted by Crippen LogP contribution is -2.37. The second-order valence-electron chi connectivity index (χ2n) is 9.45. The summed E-state index contributed by atoms with van der Waals surface area (Å²) in [5.41, 5.74) is 1.80. The second kappa shape index (κ2) is 9.34. The molecule has 0 bridgehead atoms. The molecule has 3 aromatic rings. The highest BCUT2D eigenvalue weighted by atomic mass is 19.1. The lowest BCUT2D eigenvalue weighted by molar-refractivity contribution is -0.183. The summed E-state index contributed by atoms with van der Waals surface area (Å²) >= 11 is 0. The predicted molar refractivity (Wildman–Crippen MR) is 121 cm³/mol. The zero-order valence-electron chi connectivity index (χ0n) is 19.3. The van der Waals surface area contributed by atoms with E-state index in [1.54, 1.807) is 4.68 Å². The van der Waals surface area contributed by atoms with Crippen LogP contribution >= 0.6 is 0 Å². The van der Waals surface area contributed by atoms with Crippen molar-refractivity contribution in [1.82, 2.24) is 14.8 Å². The second-order valence-corrected chi connectivity index (χ2v) is 9.45. The SMILES string of the molecule is Cc1nn(CC2CCC(C(=O)N3OCC[C@H]3c3cc(F)cc(F)c3)CC2)c2cc(F)c(C#N)cc12. The largest absolute Gasteiger partial charge is 0.272 e. The van der Waals surface area contributed by atoms with Crippen LogP contribution in [-0.2, 0) is 16.2 Å². The summed E-state index contributed by atoms with van der Waals surface area (Å²) in [6.07, 6.45) is 3.41. The minimum absolute atomic E-state index is 0.00239. The number of hydroxylamine groups is 2. The van der Waals surface area contributed by atoms with Crippen molar-refractivity contribution < 1.29 is 22.8 Å². The summed E-state index contributed by atoms with van der Waals surface area (Å²) in [5.74, 6) is -2.02. The Labute approximate surface area is 200 Å². The van der Waals surface area contributed by atoms with E-state index >= 15 is 0 Å². The molecule has 1 amide bonds. The molecule has 0 radical (unpaired) electrons. The van der Waals surface area contributed by atoms with Crippen LogP contribution in [0, 0.1) is 47.5 Å². The van der Waals surface area contributed by atoms with Crippen molar-refractivity contribution in [1.29, 1.82) is 5.26 Å². The van der Waals surface area contributed by atoms with Gasteiger partial charge in [-0.1, -0.05) is 0 Å². The highest BCUT2D eigenvalue weighted by Crippen LogP contribution is 2.37. The third-order valence-electron chi connectivity index (χ3n) is 7.16. The molecule has 1 atom stereocenters. The number of hydrogen-bond acceptors (Lipinski definition) is 4. The first kappa shape index (κ1) is 23.4. The molecule has 9 heteroatoms. The average molecular weight is 483 g/mol. The van der Waals surface area contributed by atoms with Crippen molar-refractivity contribution in [3.8, 4) is 6.07 Å². The zero-order valence-corrected chi connectivity index (χ0v) is 19.3. The van der Waals surface area contributed by atoms with Crippen molar-refractivity contribution in [2.45, 2.75) is 51.6 Å². The number of nitrogens with zero attached hydrogens (tertiary/aromatic N) is 4. The van der Waals surface area contributed by atoms with Gasteiger partial charge in [0.1, 0.15) is 23.5 Å². The van der Waals surface area contributed by atoms with Gasteiger partial charge in [0, 0.05) is 36.4 Å². The van der Waals surface area contributed by atoms with E-state index in [1.807, 2.05) is 13.0 Å². The topological polar surface area (TPSA) is 71.2 Å². The molecule has 1 saturated heterocycles. The molecule has 1 aliphatic carbocycles. The van der Waals surface area contributed by atoms with Gasteiger partial charge in [0.2, 0.25) is 5.91 Å². The number of aryl methyl sites for hydroxylation is 1. The molecule has 1 aliphatic heterocycles. The Morgan fingerprint density at radius 2 is 1.80 bits per heavy atom. The number of aromatic nitrogens is 2. The van der Waals surface area contributed by atoms with Gasteiger partial charge >= 0.3 is 0 Å². The Hall–Kier alpha value is -3.38. The van der Waals surface area contributed by atoms with E-state index in [9.17, 15) is 18.0 Å². The van der Waals surface area contributed by atoms with Crippen LogP contribution in [0.5, 0.6) is 0 Å². The number of benzene rings is 2. The summed E-state index contributed by atoms with van der Waals surface area (Å²) in [6, 6.07) is 7.58. The summed E-state index contributed by atoms with van der Waals surface area (Å²) < 4.78 is 43.4. The molecule has 2 aromatic carbocycles. The molecule has 1 saturated carbocycles. The third kappa shape index (κ3) is 4.50. The van der Waals surface area contributed by atoms with Crippen molar-refractivity contribution in [3.63, 3.8) is 0 Å². The molecular formula is C26H25F3N4O2. The Balaban J connectivity index is 1.25. The molecule has 0 unspecified atom stereocenters. The molecule has 2 heterocycles. The quantitative estimate of drug-likeness (QED) is 0.503. The normalized spacial score (nSPS) is 22.5. The molecule has 1 aromatic heterocycles. The van der Waals surface area contributed by atoms with Gasteiger partial charge in [-0.05, 0) is 62.3 Å². The van der Waals surface area contributed by atoms with Gasteiger partial charge < -0.3 is 0 Å². The van der Waals surface area contributed by atoms with Crippen LogP contribution in [0.4, 0.5) is 13.2 Å². The first-order chi connectivity index (χ1) is 16.8. The van der Waals surface area contributed by atoms with E-state index in [4.69, 9.17) is 10.1 Å². The van der Waals surface area contributed by atoms with Crippen LogP contribution in [0.25, 0.3) is 10.9 Å². The Morgan fingerprint density at radius 3 is 2.49 bits per heavy atom. The number of nitriles is 1. The van der Waals surface area contributed by atoms with E-state index in [-0.39, 0.29) is 23.3 Å². The van der Waals surface area contributed by atoms with E-state index in [1.165, 1.54) is 29.3 Å². The van der Waals surface area contributed by atoms with E-state index in [0.29, 0.717) is 43.5 Å². The Bertz CT molecular complexity index is 1300. The van der Waals surface area contributed by atoms with E-state index in [0.717, 1.165) is 30.0 Å². The van der Waals surface area contributed by atoms with Gasteiger partial charge in [-0.2, -0.15) is 10.4 Å². The van der Waals surface area contributed by atoms with Crippen LogP contribution in [0.2, 0.25) is 0 Å². The average Bonchev–Trinajstić information content (AvgIpc) is 3.43. The molecule has 182 valence electrons. The lowest BCUT2D eigenvalue weighted by atomic mass is 9.81. The van der Waals surface area contributed by atoms with Crippen LogP contribution < -0.4 is 0 Å². The van der Waals surface area contributed by atoms with Crippen molar-refractivity contribution in [3.05, 3.63) is 64.6 Å². The number of carbonyl (C=O) groups is 1. The highest BCUT2D eigenvalue weighted by Gasteiger charge is 2.37. The number of hydrogen-bond donors (Lipinski definition) is 0. The van der Waals surface area contributed by atoms with Crippen LogP contribution in [-0.4, -0.2) is 27.4 Å². The molecule has 0 spiro atoms. The number of carbonyl (C=O) groups excluding carboxylic acids is 1. The minimum atomic E-state index is -0.676. The van der Waals surface area contributed by atoms with Gasteiger partial charge in [-0.3, -0.25) is 14.3 Å². The summed E-state index contributed by atoms with van der Waals surface area (Å²) in [7, 11) is 0. The number of halogens is 3. The van der Waals surface area contributed by atoms with Crippen LogP contribution in [0.3, 0.4) is 0 Å².